The van der Waals surface area contributed by atoms with Crippen molar-refractivity contribution in [2.24, 2.45) is 0 Å². The molecule has 7 heteroatoms. The number of rotatable bonds is 9. The molecule has 4 aromatic rings. The molecule has 7 nitrogen and oxygen atoms in total. The lowest BCUT2D eigenvalue weighted by Gasteiger charge is -2.22. The number of carbonyl (C=O) groups is 2. The van der Waals surface area contributed by atoms with Gasteiger partial charge in [0, 0.05) is 0 Å². The molecule has 0 radical (unpaired) electrons. The van der Waals surface area contributed by atoms with Crippen LogP contribution in [0.1, 0.15) is 61.2 Å². The molecule has 0 spiro atoms. The van der Waals surface area contributed by atoms with Crippen molar-refractivity contribution in [2.45, 2.75) is 46.8 Å². The van der Waals surface area contributed by atoms with Gasteiger partial charge in [0.2, 0.25) is 5.91 Å². The molecular weight excluding hydrogens is 468 g/mol. The molecule has 1 amide bonds. The average molecular weight is 499 g/mol. The molecule has 190 valence electrons. The molecule has 0 aliphatic rings. The highest BCUT2D eigenvalue weighted by atomic mass is 16.5. The number of carboxylic acid groups (broad SMARTS) is 1. The van der Waals surface area contributed by atoms with Crippen molar-refractivity contribution in [3.8, 4) is 5.75 Å². The lowest BCUT2D eigenvalue weighted by atomic mass is 9.93. The summed E-state index contributed by atoms with van der Waals surface area (Å²) < 4.78 is 10.9. The number of hydrogen-bond acceptors (Lipinski definition) is 5. The Morgan fingerprint density at radius 1 is 1.00 bits per heavy atom. The first kappa shape index (κ1) is 25.7. The topological polar surface area (TPSA) is 102 Å². The number of carboxylic acids is 1. The van der Waals surface area contributed by atoms with Crippen LogP contribution in [0.15, 0.2) is 71.3 Å². The number of benzene rings is 3. The van der Waals surface area contributed by atoms with E-state index in [9.17, 15) is 14.7 Å². The molecule has 0 fully saturated rings. The Labute approximate surface area is 216 Å². The second-order valence-corrected chi connectivity index (χ2v) is 9.18. The van der Waals surface area contributed by atoms with Crippen molar-refractivity contribution in [3.63, 3.8) is 0 Å². The third-order valence-electron chi connectivity index (χ3n) is 6.37. The summed E-state index contributed by atoms with van der Waals surface area (Å²) >= 11 is 0. The van der Waals surface area contributed by atoms with Crippen molar-refractivity contribution in [2.75, 3.05) is 0 Å². The average Bonchev–Trinajstić information content (AvgIpc) is 3.19. The Balaban J connectivity index is 1.53. The number of ether oxygens (including phenoxy) is 1. The third kappa shape index (κ3) is 6.06. The van der Waals surface area contributed by atoms with Crippen LogP contribution >= 0.6 is 0 Å². The van der Waals surface area contributed by atoms with Gasteiger partial charge in [0.25, 0.3) is 0 Å². The fourth-order valence-electron chi connectivity index (χ4n) is 4.37. The maximum Gasteiger partial charge on any atom is 0.339 e. The molecular formula is C30H30N2O5. The number of aryl methyl sites for hydroxylation is 4. The number of hydrogen-bond donors (Lipinski definition) is 2. The van der Waals surface area contributed by atoms with Crippen LogP contribution in [0.5, 0.6) is 5.75 Å². The van der Waals surface area contributed by atoms with Crippen LogP contribution in [0.3, 0.4) is 0 Å². The number of amides is 1. The highest BCUT2D eigenvalue weighted by molar-refractivity contribution is 5.91. The zero-order chi connectivity index (χ0) is 26.5. The van der Waals surface area contributed by atoms with E-state index in [1.165, 1.54) is 6.07 Å². The molecule has 0 aliphatic carbocycles. The van der Waals surface area contributed by atoms with Crippen LogP contribution in [-0.4, -0.2) is 22.1 Å². The Bertz CT molecular complexity index is 1410. The molecule has 4 rings (SSSR count). The summed E-state index contributed by atoms with van der Waals surface area (Å²) in [4.78, 5) is 25.1. The Kier molecular flexibility index (Phi) is 7.72. The minimum absolute atomic E-state index is 0.00829. The summed E-state index contributed by atoms with van der Waals surface area (Å²) in [6.45, 7) is 7.78. The predicted octanol–water partition coefficient (Wildman–Crippen LogP) is 5.63. The molecule has 1 heterocycles. The van der Waals surface area contributed by atoms with E-state index in [1.54, 1.807) is 26.0 Å². The van der Waals surface area contributed by atoms with Crippen molar-refractivity contribution in [1.82, 2.24) is 10.5 Å². The highest BCUT2D eigenvalue weighted by Gasteiger charge is 2.20. The molecule has 0 bridgehead atoms. The standard InChI is InChI=1S/C30H30N2O5/c1-18-10-12-24(19(2)14-18)29(23-8-6-5-7-9-23)31-28(33)16-22-11-13-27(25(15-22)30(34)35)36-17-26-20(3)32-37-21(26)4/h5-15,29H,16-17H2,1-4H3,(H,31,33)(H,34,35). The first-order valence-electron chi connectivity index (χ1n) is 12.0. The van der Waals surface area contributed by atoms with Crippen molar-refractivity contribution in [3.05, 3.63) is 117 Å². The van der Waals surface area contributed by atoms with Crippen LogP contribution in [0.4, 0.5) is 0 Å². The second-order valence-electron chi connectivity index (χ2n) is 9.18. The van der Waals surface area contributed by atoms with Crippen LogP contribution < -0.4 is 10.1 Å². The first-order chi connectivity index (χ1) is 17.7. The molecule has 0 saturated heterocycles. The molecule has 1 atom stereocenters. The van der Waals surface area contributed by atoms with Gasteiger partial charge in [-0.25, -0.2) is 4.79 Å². The van der Waals surface area contributed by atoms with Crippen LogP contribution in [0.25, 0.3) is 0 Å². The number of aromatic nitrogens is 1. The minimum atomic E-state index is -1.13. The zero-order valence-electron chi connectivity index (χ0n) is 21.4. The second kappa shape index (κ2) is 11.1. The van der Waals surface area contributed by atoms with Crippen LogP contribution in [0.2, 0.25) is 0 Å². The molecule has 1 aromatic heterocycles. The van der Waals surface area contributed by atoms with Gasteiger partial charge in [-0.1, -0.05) is 65.3 Å². The minimum Gasteiger partial charge on any atom is -0.488 e. The zero-order valence-corrected chi connectivity index (χ0v) is 21.4. The van der Waals surface area contributed by atoms with E-state index in [2.05, 4.69) is 16.5 Å². The molecule has 0 saturated carbocycles. The van der Waals surface area contributed by atoms with Gasteiger partial charge in [0.05, 0.1) is 23.7 Å². The van der Waals surface area contributed by atoms with Gasteiger partial charge in [-0.3, -0.25) is 4.79 Å². The quantitative estimate of drug-likeness (QED) is 0.310. The van der Waals surface area contributed by atoms with Gasteiger partial charge < -0.3 is 19.7 Å². The summed E-state index contributed by atoms with van der Waals surface area (Å²) in [7, 11) is 0. The van der Waals surface area contributed by atoms with E-state index in [1.807, 2.05) is 56.3 Å². The molecule has 3 aromatic carbocycles. The van der Waals surface area contributed by atoms with Crippen molar-refractivity contribution >= 4 is 11.9 Å². The van der Waals surface area contributed by atoms with Crippen molar-refractivity contribution < 1.29 is 24.0 Å². The SMILES string of the molecule is Cc1ccc(C(NC(=O)Cc2ccc(OCc3c(C)noc3C)c(C(=O)O)c2)c2ccccc2)c(C)c1. The summed E-state index contributed by atoms with van der Waals surface area (Å²) in [5, 5.41) is 16.8. The lowest BCUT2D eigenvalue weighted by Crippen LogP contribution is -2.31. The van der Waals surface area contributed by atoms with E-state index in [-0.39, 0.29) is 36.3 Å². The molecule has 2 N–H and O–H groups in total. The summed E-state index contributed by atoms with van der Waals surface area (Å²) in [5.41, 5.74) is 6.26. The lowest BCUT2D eigenvalue weighted by molar-refractivity contribution is -0.120. The summed E-state index contributed by atoms with van der Waals surface area (Å²) in [6.07, 6.45) is 0.0265. The van der Waals surface area contributed by atoms with Gasteiger partial charge in [-0.05, 0) is 62.1 Å². The highest BCUT2D eigenvalue weighted by Crippen LogP contribution is 2.27. The molecule has 37 heavy (non-hydrogen) atoms. The van der Waals surface area contributed by atoms with E-state index in [4.69, 9.17) is 9.26 Å². The van der Waals surface area contributed by atoms with E-state index in [0.29, 0.717) is 17.0 Å². The summed E-state index contributed by atoms with van der Waals surface area (Å²) in [5.74, 6) is -0.503. The van der Waals surface area contributed by atoms with Crippen LogP contribution in [-0.2, 0) is 17.8 Å². The fraction of sp³-hybridized carbons (Fsp3) is 0.233. The normalized spacial score (nSPS) is 11.7. The number of aromatic carboxylic acids is 1. The maximum atomic E-state index is 13.2. The first-order valence-corrected chi connectivity index (χ1v) is 12.0. The maximum absolute atomic E-state index is 13.2. The largest absolute Gasteiger partial charge is 0.488 e. The van der Waals surface area contributed by atoms with Gasteiger partial charge in [-0.2, -0.15) is 0 Å². The van der Waals surface area contributed by atoms with Gasteiger partial charge in [0.1, 0.15) is 23.7 Å². The van der Waals surface area contributed by atoms with Gasteiger partial charge in [-0.15, -0.1) is 0 Å². The van der Waals surface area contributed by atoms with Gasteiger partial charge >= 0.3 is 5.97 Å². The van der Waals surface area contributed by atoms with Crippen molar-refractivity contribution in [1.29, 1.82) is 0 Å². The number of carbonyl (C=O) groups excluding carboxylic acids is 1. The third-order valence-corrected chi connectivity index (χ3v) is 6.37. The molecule has 0 aliphatic heterocycles. The Morgan fingerprint density at radius 2 is 1.76 bits per heavy atom. The monoisotopic (exact) mass is 498 g/mol. The Hall–Kier alpha value is -4.39. The fourth-order valence-corrected chi connectivity index (χ4v) is 4.37. The number of nitrogens with one attached hydrogen (secondary N) is 1. The van der Waals surface area contributed by atoms with E-state index >= 15 is 0 Å². The summed E-state index contributed by atoms with van der Waals surface area (Å²) in [6, 6.07) is 20.4. The van der Waals surface area contributed by atoms with Crippen LogP contribution in [0, 0.1) is 27.7 Å². The Morgan fingerprint density at radius 3 is 2.41 bits per heavy atom. The predicted molar refractivity (Wildman–Crippen MR) is 140 cm³/mol. The van der Waals surface area contributed by atoms with E-state index in [0.717, 1.165) is 27.8 Å². The number of nitrogens with zero attached hydrogens (tertiary/aromatic N) is 1. The van der Waals surface area contributed by atoms with E-state index < -0.39 is 5.97 Å². The van der Waals surface area contributed by atoms with Gasteiger partial charge in [0.15, 0.2) is 0 Å². The smallest absolute Gasteiger partial charge is 0.339 e. The molecule has 1 unspecified atom stereocenters.